The quantitative estimate of drug-likeness (QED) is 0.141. The van der Waals surface area contributed by atoms with Crippen molar-refractivity contribution in [1.29, 1.82) is 0 Å². The number of allylic oxidation sites excluding steroid dienone is 1. The number of aliphatic hydroxyl groups is 4. The number of methoxy groups -OCH3 is 1. The maximum absolute atomic E-state index is 12.7. The number of aromatic hydroxyl groups is 2. The molecule has 2 aliphatic rings. The number of esters is 2. The zero-order valence-corrected chi connectivity index (χ0v) is 21.1. The van der Waals surface area contributed by atoms with E-state index in [1.807, 2.05) is 0 Å². The van der Waals surface area contributed by atoms with Crippen LogP contribution in [0.1, 0.15) is 25.3 Å². The first-order valence-electron chi connectivity index (χ1n) is 12.2. The molecule has 1 fully saturated rings. The molecule has 0 unspecified atom stereocenters. The van der Waals surface area contributed by atoms with Gasteiger partial charge in [-0.2, -0.15) is 0 Å². The topological polar surface area (TPSA) is 192 Å². The first-order valence-corrected chi connectivity index (χ1v) is 12.2. The number of hydrogen-bond donors (Lipinski definition) is 6. The minimum atomic E-state index is -1.55. The third-order valence-corrected chi connectivity index (χ3v) is 6.82. The number of phenolic OH excluding ortho intramolecular Hbond substituents is 2. The van der Waals surface area contributed by atoms with Crippen molar-refractivity contribution in [2.45, 2.75) is 56.9 Å². The summed E-state index contributed by atoms with van der Waals surface area (Å²) in [6.45, 7) is 1.19. The highest BCUT2D eigenvalue weighted by atomic mass is 16.7. The Morgan fingerprint density at radius 2 is 1.84 bits per heavy atom. The predicted molar refractivity (Wildman–Crippen MR) is 129 cm³/mol. The lowest BCUT2D eigenvalue weighted by Gasteiger charge is -2.42. The highest BCUT2D eigenvalue weighted by molar-refractivity contribution is 5.90. The molecule has 1 saturated carbocycles. The molecule has 1 aromatic rings. The van der Waals surface area contributed by atoms with Crippen LogP contribution in [-0.2, 0) is 35.0 Å². The third-order valence-electron chi connectivity index (χ3n) is 6.82. The molecule has 7 atom stereocenters. The molecule has 0 aromatic heterocycles. The second-order valence-corrected chi connectivity index (χ2v) is 9.20. The van der Waals surface area contributed by atoms with Crippen molar-refractivity contribution in [2.75, 3.05) is 20.3 Å². The Morgan fingerprint density at radius 1 is 1.11 bits per heavy atom. The van der Waals surface area contributed by atoms with Crippen LogP contribution in [0.5, 0.6) is 11.5 Å². The smallest absolute Gasteiger partial charge is 0.337 e. The van der Waals surface area contributed by atoms with Gasteiger partial charge in [-0.25, -0.2) is 4.79 Å². The Morgan fingerprint density at radius 3 is 2.47 bits per heavy atom. The summed E-state index contributed by atoms with van der Waals surface area (Å²) in [7, 11) is 1.18. The summed E-state index contributed by atoms with van der Waals surface area (Å²) in [4.78, 5) is 25.1. The molecule has 1 aromatic carbocycles. The zero-order chi connectivity index (χ0) is 28.0. The van der Waals surface area contributed by atoms with Gasteiger partial charge in [0.05, 0.1) is 44.2 Å². The minimum Gasteiger partial charge on any atom is -0.504 e. The summed E-state index contributed by atoms with van der Waals surface area (Å²) in [5, 5.41) is 59.2. The fourth-order valence-corrected chi connectivity index (χ4v) is 4.61. The van der Waals surface area contributed by atoms with Crippen molar-refractivity contribution >= 4 is 11.9 Å². The average molecular weight is 539 g/mol. The number of aliphatic hydroxyl groups excluding tert-OH is 4. The van der Waals surface area contributed by atoms with Crippen LogP contribution in [0.4, 0.5) is 0 Å². The molecular weight excluding hydrogens is 504 g/mol. The Labute approximate surface area is 219 Å². The fraction of sp³-hybridized carbons (Fsp3) is 0.538. The van der Waals surface area contributed by atoms with Gasteiger partial charge in [0.1, 0.15) is 12.2 Å². The van der Waals surface area contributed by atoms with Gasteiger partial charge in [-0.15, -0.1) is 0 Å². The summed E-state index contributed by atoms with van der Waals surface area (Å²) in [5.74, 6) is -3.50. The molecule has 1 heterocycles. The number of phenols is 2. The van der Waals surface area contributed by atoms with E-state index in [0.717, 1.165) is 6.26 Å². The van der Waals surface area contributed by atoms with Gasteiger partial charge in [-0.05, 0) is 31.0 Å². The highest BCUT2D eigenvalue weighted by Gasteiger charge is 2.46. The van der Waals surface area contributed by atoms with Crippen LogP contribution in [0, 0.1) is 11.8 Å². The molecule has 0 amide bonds. The van der Waals surface area contributed by atoms with E-state index in [-0.39, 0.29) is 42.9 Å². The van der Waals surface area contributed by atoms with E-state index < -0.39 is 61.1 Å². The number of carbonyl (C=O) groups excluding carboxylic acids is 2. The molecule has 0 bridgehead atoms. The normalized spacial score (nSPS) is 30.3. The van der Waals surface area contributed by atoms with Gasteiger partial charge in [-0.3, -0.25) is 4.79 Å². The van der Waals surface area contributed by atoms with Gasteiger partial charge in [0.2, 0.25) is 6.29 Å². The number of carbonyl (C=O) groups is 2. The van der Waals surface area contributed by atoms with Crippen molar-refractivity contribution in [1.82, 2.24) is 0 Å². The van der Waals surface area contributed by atoms with Crippen LogP contribution < -0.4 is 0 Å². The molecule has 12 heteroatoms. The van der Waals surface area contributed by atoms with Gasteiger partial charge < -0.3 is 49.6 Å². The average Bonchev–Trinajstić information content (AvgIpc) is 2.90. The molecule has 0 saturated heterocycles. The number of benzene rings is 1. The van der Waals surface area contributed by atoms with Gasteiger partial charge in [0.15, 0.2) is 11.5 Å². The first-order chi connectivity index (χ1) is 18.1. The maximum Gasteiger partial charge on any atom is 0.337 e. The van der Waals surface area contributed by atoms with Gasteiger partial charge in [-0.1, -0.05) is 12.1 Å². The Hall–Kier alpha value is -3.16. The van der Waals surface area contributed by atoms with Crippen molar-refractivity contribution in [3.63, 3.8) is 0 Å². The molecular formula is C26H34O12. The lowest BCUT2D eigenvalue weighted by Crippen LogP contribution is -2.56. The monoisotopic (exact) mass is 538 g/mol. The van der Waals surface area contributed by atoms with E-state index in [2.05, 4.69) is 0 Å². The number of ether oxygens (including phenoxy) is 4. The van der Waals surface area contributed by atoms with Crippen LogP contribution >= 0.6 is 0 Å². The highest BCUT2D eigenvalue weighted by Crippen LogP contribution is 2.37. The maximum atomic E-state index is 12.7. The van der Waals surface area contributed by atoms with Gasteiger partial charge >= 0.3 is 11.9 Å². The number of rotatable bonds is 9. The standard InChI is InChI=1S/C26H34O12/c1-3-15-16(10-21(30)36-7-6-13-4-5-18(28)19(29)8-13)17(25(34)35-2)12-37-26(15)38-20-9-14(11-27)22(31)24(33)23(20)32/h3-5,8,12,14,16,20,22-24,26-29,31-33H,6-7,9-11H2,1-2H3/b15-3+/t14-,16+,20-,22-,23+,24+,26+/m1/s1. The van der Waals surface area contributed by atoms with E-state index in [1.54, 1.807) is 19.1 Å². The van der Waals surface area contributed by atoms with E-state index in [4.69, 9.17) is 18.9 Å². The molecule has 0 radical (unpaired) electrons. The van der Waals surface area contributed by atoms with Crippen LogP contribution in [0.3, 0.4) is 0 Å². The molecule has 0 spiro atoms. The second kappa shape index (κ2) is 13.1. The molecule has 1 aliphatic heterocycles. The summed E-state index contributed by atoms with van der Waals surface area (Å²) >= 11 is 0. The van der Waals surface area contributed by atoms with E-state index in [0.29, 0.717) is 11.1 Å². The van der Waals surface area contributed by atoms with Gasteiger partial charge in [0.25, 0.3) is 0 Å². The Bertz CT molecular complexity index is 1050. The van der Waals surface area contributed by atoms with E-state index in [1.165, 1.54) is 19.2 Å². The van der Waals surface area contributed by atoms with Crippen LogP contribution in [0.25, 0.3) is 0 Å². The summed E-state index contributed by atoms with van der Waals surface area (Å²) in [6, 6.07) is 4.26. The SMILES string of the molecule is C/C=C1/[C@H](O[C@@H]2C[C@H](CO)[C@@H](O)[C@H](O)[C@H]2O)OC=C(C(=O)OC)[C@H]1CC(=O)OCCc1ccc(O)c(O)c1. The lowest BCUT2D eigenvalue weighted by molar-refractivity contribution is -0.219. The van der Waals surface area contributed by atoms with E-state index in [9.17, 15) is 40.2 Å². The molecule has 6 N–H and O–H groups in total. The number of hydrogen-bond acceptors (Lipinski definition) is 12. The molecule has 1 aliphatic carbocycles. The summed E-state index contributed by atoms with van der Waals surface area (Å²) in [5.41, 5.74) is 1.06. The molecule has 3 rings (SSSR count). The summed E-state index contributed by atoms with van der Waals surface area (Å²) < 4.78 is 21.7. The van der Waals surface area contributed by atoms with Crippen molar-refractivity contribution in [3.8, 4) is 11.5 Å². The minimum absolute atomic E-state index is 0.0222. The third kappa shape index (κ3) is 6.63. The Balaban J connectivity index is 1.71. The van der Waals surface area contributed by atoms with Crippen LogP contribution in [-0.4, -0.2) is 93.6 Å². The van der Waals surface area contributed by atoms with Crippen molar-refractivity contribution in [2.24, 2.45) is 11.8 Å². The first kappa shape index (κ1) is 29.4. The largest absolute Gasteiger partial charge is 0.504 e. The van der Waals surface area contributed by atoms with Gasteiger partial charge in [0, 0.05) is 30.4 Å². The zero-order valence-electron chi connectivity index (χ0n) is 21.1. The van der Waals surface area contributed by atoms with Crippen molar-refractivity contribution in [3.05, 3.63) is 47.2 Å². The fourth-order valence-electron chi connectivity index (χ4n) is 4.61. The molecule has 210 valence electrons. The second-order valence-electron chi connectivity index (χ2n) is 9.20. The predicted octanol–water partition coefficient (Wildman–Crippen LogP) is 0.0294. The van der Waals surface area contributed by atoms with Crippen LogP contribution in [0.2, 0.25) is 0 Å². The Kier molecular flexibility index (Phi) is 10.1. The molecule has 38 heavy (non-hydrogen) atoms. The van der Waals surface area contributed by atoms with Crippen LogP contribution in [0.15, 0.2) is 41.7 Å². The lowest BCUT2D eigenvalue weighted by atomic mass is 9.81. The van der Waals surface area contributed by atoms with Crippen molar-refractivity contribution < 1.29 is 59.2 Å². The molecule has 12 nitrogen and oxygen atoms in total. The van der Waals surface area contributed by atoms with E-state index >= 15 is 0 Å². The summed E-state index contributed by atoms with van der Waals surface area (Å²) in [6.07, 6.45) is -3.77.